The van der Waals surface area contributed by atoms with E-state index in [0.717, 1.165) is 12.1 Å². The largest absolute Gasteiger partial charge is 0.496 e. The fourth-order valence-electron chi connectivity index (χ4n) is 8.64. The summed E-state index contributed by atoms with van der Waals surface area (Å²) in [5.41, 5.74) is 3.45. The highest BCUT2D eigenvalue weighted by Gasteiger charge is 2.56. The number of nitrogens with one attached hydrogen (secondary N) is 3. The van der Waals surface area contributed by atoms with Crippen LogP contribution in [-0.2, 0) is 16.1 Å². The number of carboxylic acid groups (broad SMARTS) is 1. The quantitative estimate of drug-likeness (QED) is 0.124. The summed E-state index contributed by atoms with van der Waals surface area (Å²) in [5.74, 6) is -0.769. The van der Waals surface area contributed by atoms with Crippen molar-refractivity contribution in [1.82, 2.24) is 20.9 Å². The third-order valence-corrected chi connectivity index (χ3v) is 11.7. The molecule has 2 bridgehead atoms. The number of likely N-dealkylation sites (N-methyl/N-ethyl adjacent to an activating group) is 1. The van der Waals surface area contributed by atoms with Gasteiger partial charge in [0.15, 0.2) is 6.10 Å². The number of hydrogen-bond donors (Lipinski definition) is 6. The van der Waals surface area contributed by atoms with Crippen molar-refractivity contribution >= 4 is 23.5 Å². The van der Waals surface area contributed by atoms with Crippen molar-refractivity contribution in [1.29, 1.82) is 0 Å². The van der Waals surface area contributed by atoms with Gasteiger partial charge in [-0.3, -0.25) is 14.4 Å². The second-order valence-corrected chi connectivity index (χ2v) is 16.2. The van der Waals surface area contributed by atoms with Gasteiger partial charge in [0.2, 0.25) is 5.91 Å². The lowest BCUT2D eigenvalue weighted by molar-refractivity contribution is -0.139. The minimum absolute atomic E-state index is 0.0212. The number of ether oxygens (including phenoxy) is 1. The van der Waals surface area contributed by atoms with Crippen molar-refractivity contribution < 1.29 is 39.5 Å². The van der Waals surface area contributed by atoms with Gasteiger partial charge in [-0.05, 0) is 80.8 Å². The van der Waals surface area contributed by atoms with E-state index in [9.17, 15) is 29.7 Å². The predicted octanol–water partition coefficient (Wildman–Crippen LogP) is 2.29. The monoisotopic (exact) mass is 740 g/mol. The minimum atomic E-state index is -1.10. The van der Waals surface area contributed by atoms with E-state index in [2.05, 4.69) is 36.7 Å². The Balaban J connectivity index is 1.65. The Kier molecular flexibility index (Phi) is 13.9. The molecule has 2 aromatic rings. The van der Waals surface area contributed by atoms with Gasteiger partial charge < -0.3 is 50.9 Å². The zero-order valence-corrected chi connectivity index (χ0v) is 32.8. The van der Waals surface area contributed by atoms with E-state index in [-0.39, 0.29) is 36.2 Å². The third-order valence-electron chi connectivity index (χ3n) is 11.7. The van der Waals surface area contributed by atoms with Crippen molar-refractivity contribution in [2.24, 2.45) is 29.1 Å². The zero-order chi connectivity index (χ0) is 39.4. The zero-order valence-electron chi connectivity index (χ0n) is 32.8. The summed E-state index contributed by atoms with van der Waals surface area (Å²) in [6.45, 7) is 8.34. The average Bonchev–Trinajstić information content (AvgIpc) is 3.08. The second kappa shape index (κ2) is 17.6. The lowest BCUT2D eigenvalue weighted by Crippen LogP contribution is -2.63. The number of aliphatic hydroxyl groups is 2. The van der Waals surface area contributed by atoms with Crippen molar-refractivity contribution in [2.45, 2.75) is 83.8 Å². The molecule has 3 aliphatic rings. The van der Waals surface area contributed by atoms with Crippen LogP contribution in [0.25, 0.3) is 11.1 Å². The van der Waals surface area contributed by atoms with Crippen LogP contribution < -0.4 is 25.6 Å². The lowest BCUT2D eigenvalue weighted by atomic mass is 9.45. The van der Waals surface area contributed by atoms with Crippen LogP contribution in [0, 0.1) is 29.1 Å². The molecule has 0 aliphatic heterocycles. The highest BCUT2D eigenvalue weighted by Crippen LogP contribution is 2.61. The Morgan fingerprint density at radius 3 is 2.34 bits per heavy atom. The molecule has 294 valence electrons. The fourth-order valence-corrected chi connectivity index (χ4v) is 8.64. The molecule has 0 unspecified atom stereocenters. The number of fused-ring (bicyclic) bond motifs is 2. The van der Waals surface area contributed by atoms with Crippen LogP contribution in [0.1, 0.15) is 62.9 Å². The van der Waals surface area contributed by atoms with Gasteiger partial charge in [0.05, 0.1) is 31.6 Å². The van der Waals surface area contributed by atoms with E-state index in [1.807, 2.05) is 62.3 Å². The first-order chi connectivity index (χ1) is 24.9. The lowest BCUT2D eigenvalue weighted by Gasteiger charge is -2.62. The van der Waals surface area contributed by atoms with E-state index < -0.39 is 48.7 Å². The molecule has 53 heavy (non-hydrogen) atoms. The van der Waals surface area contributed by atoms with Gasteiger partial charge in [-0.15, -0.1) is 0 Å². The Labute approximate surface area is 314 Å². The number of carbonyl (C=O) groups is 3. The molecule has 0 spiro atoms. The maximum atomic E-state index is 14.1. The maximum Gasteiger partial charge on any atom is 0.305 e. The van der Waals surface area contributed by atoms with E-state index in [1.54, 1.807) is 26.2 Å². The first-order valence-corrected chi connectivity index (χ1v) is 18.6. The molecule has 0 heterocycles. The minimum Gasteiger partial charge on any atom is -0.496 e. The Morgan fingerprint density at radius 2 is 1.79 bits per heavy atom. The van der Waals surface area contributed by atoms with Crippen LogP contribution in [0.5, 0.6) is 5.75 Å². The SMILES string of the molecule is COc1c(CN[C@H](C(=O)N[C@H]2C[C@H]3C[C@@H]([C@@H]2C)C3(C)C)[C@H]([C@H](C)O)[C@@H]([OH2+])CO)cccc1-c1cc(C(=O)N[C@H](CC(=O)O)CN(C)C)cc(N(C)C)c1. The summed E-state index contributed by atoms with van der Waals surface area (Å²) in [7, 11) is 8.92. The highest BCUT2D eigenvalue weighted by atomic mass is 16.5. The number of benzene rings is 2. The van der Waals surface area contributed by atoms with Gasteiger partial charge in [0.25, 0.3) is 5.91 Å². The van der Waals surface area contributed by atoms with Gasteiger partial charge in [-0.1, -0.05) is 39.0 Å². The molecule has 2 aromatic carbocycles. The summed E-state index contributed by atoms with van der Waals surface area (Å²) >= 11 is 0. The first kappa shape index (κ1) is 42.0. The third kappa shape index (κ3) is 9.68. The number of amides is 2. The molecule has 3 aliphatic carbocycles. The van der Waals surface area contributed by atoms with Crippen LogP contribution in [-0.4, -0.2) is 122 Å². The van der Waals surface area contributed by atoms with Crippen LogP contribution in [0.15, 0.2) is 36.4 Å². The number of para-hydroxylation sites is 1. The van der Waals surface area contributed by atoms with E-state index >= 15 is 0 Å². The molecule has 0 radical (unpaired) electrons. The molecule has 13 nitrogen and oxygen atoms in total. The van der Waals surface area contributed by atoms with Crippen LogP contribution in [0.2, 0.25) is 0 Å². The molecular formula is C40H62N5O8+. The van der Waals surface area contributed by atoms with Gasteiger partial charge >= 0.3 is 5.97 Å². The second-order valence-electron chi connectivity index (χ2n) is 16.2. The molecule has 5 rings (SSSR count). The first-order valence-electron chi connectivity index (χ1n) is 18.6. The predicted molar refractivity (Wildman–Crippen MR) is 206 cm³/mol. The number of nitrogens with zero attached hydrogens (tertiary/aromatic N) is 2. The van der Waals surface area contributed by atoms with Gasteiger partial charge in [-0.25, -0.2) is 0 Å². The highest BCUT2D eigenvalue weighted by molar-refractivity contribution is 5.97. The Morgan fingerprint density at radius 1 is 1.09 bits per heavy atom. The summed E-state index contributed by atoms with van der Waals surface area (Å²) < 4.78 is 5.97. The molecule has 8 N–H and O–H groups in total. The number of rotatable bonds is 18. The molecule has 9 atom stereocenters. The average molecular weight is 741 g/mol. The van der Waals surface area contributed by atoms with Crippen molar-refractivity contribution in [3.05, 3.63) is 47.5 Å². The Bertz CT molecular complexity index is 1600. The van der Waals surface area contributed by atoms with Crippen LogP contribution >= 0.6 is 0 Å². The number of aliphatic carboxylic acids is 1. The van der Waals surface area contributed by atoms with Crippen LogP contribution in [0.3, 0.4) is 0 Å². The Hall–Kier alpha value is -3.75. The number of methoxy groups -OCH3 is 1. The number of aliphatic hydroxyl groups excluding tert-OH is 2. The number of anilines is 1. The normalized spacial score (nSPS) is 23.2. The van der Waals surface area contributed by atoms with E-state index in [0.29, 0.717) is 46.4 Å². The number of hydrogen-bond acceptors (Lipinski definition) is 9. The molecule has 3 saturated carbocycles. The van der Waals surface area contributed by atoms with Gasteiger partial charge in [0, 0.05) is 55.6 Å². The molecule has 3 fully saturated rings. The van der Waals surface area contributed by atoms with Crippen LogP contribution in [0.4, 0.5) is 5.69 Å². The summed E-state index contributed by atoms with van der Waals surface area (Å²) in [6, 6.07) is 9.43. The number of carboxylic acids is 1. The molecule has 2 amide bonds. The fraction of sp³-hybridized carbons (Fsp3) is 0.625. The smallest absolute Gasteiger partial charge is 0.305 e. The number of carbonyl (C=O) groups excluding carboxylic acids is 2. The van der Waals surface area contributed by atoms with Gasteiger partial charge in [0.1, 0.15) is 18.4 Å². The molecule has 0 aromatic heterocycles. The molecule has 13 heteroatoms. The summed E-state index contributed by atoms with van der Waals surface area (Å²) in [6.07, 6.45) is -0.332. The topological polar surface area (TPSA) is 187 Å². The molecular weight excluding hydrogens is 678 g/mol. The summed E-state index contributed by atoms with van der Waals surface area (Å²) in [4.78, 5) is 42.9. The summed E-state index contributed by atoms with van der Waals surface area (Å²) in [5, 5.41) is 48.3. The van der Waals surface area contributed by atoms with Crippen molar-refractivity contribution in [3.63, 3.8) is 0 Å². The molecule has 0 saturated heterocycles. The maximum absolute atomic E-state index is 14.1. The van der Waals surface area contributed by atoms with E-state index in [4.69, 9.17) is 9.84 Å². The van der Waals surface area contributed by atoms with Crippen molar-refractivity contribution in [3.8, 4) is 16.9 Å². The van der Waals surface area contributed by atoms with E-state index in [1.165, 1.54) is 6.42 Å². The standard InChI is InChI=1S/C40H61N5O8/c1-22-31-16-27(40(31,3)4)17-32(22)43-39(52)36(35(23(2)47)33(48)21-46)41-19-24-11-10-12-30(37(24)53-9)25-13-26(15-29(14-25)45(7)8)38(51)42-28(18-34(49)50)20-44(5)6/h10-15,22-23,27-28,31-33,35-36,41,46-48H,16-21H2,1-9H3,(H,42,51)(H,43,52)(H,49,50)/p+1/t22-,23-,27+,28+,31-,32-,33-,35+,36-/m0/s1. The van der Waals surface area contributed by atoms with Crippen molar-refractivity contribution in [2.75, 3.05) is 53.4 Å². The van der Waals surface area contributed by atoms with Gasteiger partial charge in [-0.2, -0.15) is 0 Å².